The lowest BCUT2D eigenvalue weighted by atomic mass is 9.98. The molecule has 0 N–H and O–H groups in total. The highest BCUT2D eigenvalue weighted by atomic mass is 19.1. The fourth-order valence-corrected chi connectivity index (χ4v) is 4.07. The van der Waals surface area contributed by atoms with E-state index in [2.05, 4.69) is 10.3 Å². The summed E-state index contributed by atoms with van der Waals surface area (Å²) in [5.41, 5.74) is 2.71. The molecule has 3 heterocycles. The van der Waals surface area contributed by atoms with Crippen molar-refractivity contribution in [3.8, 4) is 11.1 Å². The minimum atomic E-state index is -0.299. The first-order chi connectivity index (χ1) is 13.7. The third-order valence-electron chi connectivity index (χ3n) is 5.51. The lowest BCUT2D eigenvalue weighted by molar-refractivity contribution is -0.0627. The molecular weight excluding hydrogens is 359 g/mol. The van der Waals surface area contributed by atoms with Gasteiger partial charge in [0.1, 0.15) is 5.82 Å². The van der Waals surface area contributed by atoms with Crippen LogP contribution in [0.1, 0.15) is 28.5 Å². The molecule has 2 aliphatic heterocycles. The zero-order valence-electron chi connectivity index (χ0n) is 15.2. The highest BCUT2D eigenvalue weighted by Gasteiger charge is 2.37. The lowest BCUT2D eigenvalue weighted by Gasteiger charge is -2.41. The first-order valence-electron chi connectivity index (χ1n) is 9.35. The van der Waals surface area contributed by atoms with Gasteiger partial charge in [-0.1, -0.05) is 35.5 Å². The van der Waals surface area contributed by atoms with Crippen LogP contribution in [-0.2, 0) is 11.3 Å². The average molecular weight is 378 g/mol. The van der Waals surface area contributed by atoms with Crippen LogP contribution in [0.2, 0.25) is 0 Å². The van der Waals surface area contributed by atoms with Crippen LogP contribution in [0.5, 0.6) is 0 Å². The largest absolute Gasteiger partial charge is 0.368 e. The Morgan fingerprint density at radius 1 is 1.18 bits per heavy atom. The van der Waals surface area contributed by atoms with Gasteiger partial charge < -0.3 is 9.64 Å². The molecule has 0 aliphatic carbocycles. The minimum Gasteiger partial charge on any atom is -0.368 e. The summed E-state index contributed by atoms with van der Waals surface area (Å²) < 4.78 is 22.0. The molecule has 2 atom stereocenters. The molecule has 0 unspecified atom stereocenters. The van der Waals surface area contributed by atoms with Crippen molar-refractivity contribution in [1.82, 2.24) is 19.9 Å². The number of hydrogen-bond donors (Lipinski definition) is 0. The predicted molar refractivity (Wildman–Crippen MR) is 100.0 cm³/mol. The molecule has 7 heteroatoms. The summed E-state index contributed by atoms with van der Waals surface area (Å²) in [6.45, 7) is 1.58. The van der Waals surface area contributed by atoms with Crippen molar-refractivity contribution in [1.29, 1.82) is 0 Å². The number of hydrogen-bond acceptors (Lipinski definition) is 4. The zero-order valence-corrected chi connectivity index (χ0v) is 15.2. The van der Waals surface area contributed by atoms with Gasteiger partial charge in [-0.05, 0) is 30.2 Å². The highest BCUT2D eigenvalue weighted by Crippen LogP contribution is 2.31. The molecule has 0 saturated carbocycles. The Balaban J connectivity index is 1.37. The maximum Gasteiger partial charge on any atom is 0.253 e. The first kappa shape index (κ1) is 17.1. The second-order valence-corrected chi connectivity index (χ2v) is 7.19. The van der Waals surface area contributed by atoms with Crippen molar-refractivity contribution in [3.05, 3.63) is 71.8 Å². The summed E-state index contributed by atoms with van der Waals surface area (Å²) >= 11 is 0. The van der Waals surface area contributed by atoms with Crippen LogP contribution < -0.4 is 0 Å². The van der Waals surface area contributed by atoms with Crippen molar-refractivity contribution in [2.45, 2.75) is 25.2 Å². The molecular formula is C21H19FN4O2. The summed E-state index contributed by atoms with van der Waals surface area (Å²) in [6.07, 6.45) is 2.39. The number of amides is 1. The van der Waals surface area contributed by atoms with Gasteiger partial charge in [-0.2, -0.15) is 0 Å². The number of halogens is 1. The normalized spacial score (nSPS) is 21.1. The number of ether oxygens (including phenoxy) is 1. The van der Waals surface area contributed by atoms with E-state index in [9.17, 15) is 9.18 Å². The van der Waals surface area contributed by atoms with E-state index in [1.165, 1.54) is 6.07 Å². The lowest BCUT2D eigenvalue weighted by Crippen LogP contribution is -2.50. The van der Waals surface area contributed by atoms with Crippen molar-refractivity contribution in [2.24, 2.45) is 0 Å². The second-order valence-electron chi connectivity index (χ2n) is 7.19. The number of aromatic nitrogens is 3. The summed E-state index contributed by atoms with van der Waals surface area (Å²) in [5, 5.41) is 8.13. The second kappa shape index (κ2) is 6.83. The minimum absolute atomic E-state index is 0.0652. The van der Waals surface area contributed by atoms with E-state index in [4.69, 9.17) is 4.74 Å². The van der Waals surface area contributed by atoms with Gasteiger partial charge in [-0.15, -0.1) is 5.10 Å². The van der Waals surface area contributed by atoms with E-state index < -0.39 is 0 Å². The summed E-state index contributed by atoms with van der Waals surface area (Å²) in [6, 6.07) is 13.8. The molecule has 0 bridgehead atoms. The van der Waals surface area contributed by atoms with Crippen molar-refractivity contribution in [2.75, 3.05) is 13.1 Å². The summed E-state index contributed by atoms with van der Waals surface area (Å²) in [7, 11) is 0. The van der Waals surface area contributed by atoms with Crippen LogP contribution in [0, 0.1) is 5.82 Å². The Morgan fingerprint density at radius 2 is 2.07 bits per heavy atom. The monoisotopic (exact) mass is 378 g/mol. The maximum absolute atomic E-state index is 14.1. The number of nitrogens with zero attached hydrogens (tertiary/aromatic N) is 4. The predicted octanol–water partition coefficient (Wildman–Crippen LogP) is 3.07. The van der Waals surface area contributed by atoms with Gasteiger partial charge in [0.05, 0.1) is 30.6 Å². The van der Waals surface area contributed by atoms with Gasteiger partial charge in [-0.3, -0.25) is 4.79 Å². The van der Waals surface area contributed by atoms with Crippen LogP contribution in [-0.4, -0.2) is 45.0 Å². The Morgan fingerprint density at radius 3 is 2.96 bits per heavy atom. The zero-order chi connectivity index (χ0) is 19.1. The summed E-state index contributed by atoms with van der Waals surface area (Å²) in [5.74, 6) is -0.364. The smallest absolute Gasteiger partial charge is 0.253 e. The van der Waals surface area contributed by atoms with E-state index in [1.54, 1.807) is 42.6 Å². The van der Waals surface area contributed by atoms with E-state index in [0.29, 0.717) is 36.4 Å². The number of carbonyl (C=O) groups is 1. The van der Waals surface area contributed by atoms with Crippen LogP contribution in [0.25, 0.3) is 11.1 Å². The molecule has 2 aliphatic rings. The average Bonchev–Trinajstić information content (AvgIpc) is 3.22. The Kier molecular flexibility index (Phi) is 4.16. The first-order valence-corrected chi connectivity index (χ1v) is 9.35. The number of piperidine rings is 1. The third kappa shape index (κ3) is 2.88. The van der Waals surface area contributed by atoms with Gasteiger partial charge in [0.15, 0.2) is 0 Å². The standard InChI is InChI=1S/C21H19FN4O2/c22-18-7-2-1-6-17(18)14-4-3-5-15(10-14)21(27)25-9-8-19-20(12-25)28-13-16-11-23-24-26(16)19/h1-7,10-11,19-20H,8-9,12-13H2/t19-,20-/m0/s1. The van der Waals surface area contributed by atoms with Gasteiger partial charge in [-0.25, -0.2) is 9.07 Å². The topological polar surface area (TPSA) is 60.3 Å². The van der Waals surface area contributed by atoms with Gasteiger partial charge in [0, 0.05) is 24.2 Å². The third-order valence-corrected chi connectivity index (χ3v) is 5.51. The van der Waals surface area contributed by atoms with E-state index in [0.717, 1.165) is 12.1 Å². The Bertz CT molecular complexity index is 1030. The SMILES string of the molecule is O=C(c1cccc(-c2ccccc2F)c1)N1CC[C@H]2[C@H](C1)OCc1cnnn12. The number of benzene rings is 2. The fourth-order valence-electron chi connectivity index (χ4n) is 4.07. The Labute approximate surface area is 161 Å². The molecule has 1 aromatic heterocycles. The molecule has 28 heavy (non-hydrogen) atoms. The van der Waals surface area contributed by atoms with Crippen LogP contribution in [0.4, 0.5) is 4.39 Å². The van der Waals surface area contributed by atoms with Gasteiger partial charge in [0.25, 0.3) is 5.91 Å². The molecule has 142 valence electrons. The van der Waals surface area contributed by atoms with Crippen molar-refractivity contribution < 1.29 is 13.9 Å². The summed E-state index contributed by atoms with van der Waals surface area (Å²) in [4.78, 5) is 14.9. The molecule has 3 aromatic rings. The highest BCUT2D eigenvalue weighted by molar-refractivity contribution is 5.95. The number of likely N-dealkylation sites (tertiary alicyclic amines) is 1. The van der Waals surface area contributed by atoms with E-state index in [1.807, 2.05) is 15.6 Å². The molecule has 0 spiro atoms. The van der Waals surface area contributed by atoms with Crippen LogP contribution >= 0.6 is 0 Å². The fraction of sp³-hybridized carbons (Fsp3) is 0.286. The maximum atomic E-state index is 14.1. The molecule has 1 fully saturated rings. The van der Waals surface area contributed by atoms with E-state index in [-0.39, 0.29) is 23.9 Å². The van der Waals surface area contributed by atoms with E-state index >= 15 is 0 Å². The number of rotatable bonds is 2. The molecule has 6 nitrogen and oxygen atoms in total. The Hall–Kier alpha value is -3.06. The molecule has 0 radical (unpaired) electrons. The molecule has 2 aromatic carbocycles. The quantitative estimate of drug-likeness (QED) is 0.688. The molecule has 1 saturated heterocycles. The van der Waals surface area contributed by atoms with Crippen molar-refractivity contribution >= 4 is 5.91 Å². The van der Waals surface area contributed by atoms with Gasteiger partial charge >= 0.3 is 0 Å². The van der Waals surface area contributed by atoms with Crippen LogP contribution in [0.3, 0.4) is 0 Å². The van der Waals surface area contributed by atoms with Gasteiger partial charge in [0.2, 0.25) is 0 Å². The molecule has 1 amide bonds. The van der Waals surface area contributed by atoms with Crippen molar-refractivity contribution in [3.63, 3.8) is 0 Å². The number of carbonyl (C=O) groups excluding carboxylic acids is 1. The van der Waals surface area contributed by atoms with Crippen LogP contribution in [0.15, 0.2) is 54.7 Å². The molecule has 5 rings (SSSR count). The number of fused-ring (bicyclic) bond motifs is 3.